The van der Waals surface area contributed by atoms with Gasteiger partial charge in [-0.3, -0.25) is 4.79 Å². The highest BCUT2D eigenvalue weighted by Gasteiger charge is 2.24. The van der Waals surface area contributed by atoms with Crippen LogP contribution in [0.3, 0.4) is 0 Å². The van der Waals surface area contributed by atoms with Crippen LogP contribution < -0.4 is 5.32 Å². The van der Waals surface area contributed by atoms with E-state index in [1.54, 1.807) is 0 Å². The molecule has 1 aliphatic carbocycles. The van der Waals surface area contributed by atoms with Gasteiger partial charge < -0.3 is 10.2 Å². The molecule has 1 amide bonds. The first-order valence-corrected chi connectivity index (χ1v) is 8.54. The highest BCUT2D eigenvalue weighted by molar-refractivity contribution is 8.23. The van der Waals surface area contributed by atoms with Gasteiger partial charge in [0, 0.05) is 14.1 Å². The number of benzene rings is 1. The third-order valence-electron chi connectivity index (χ3n) is 3.70. The zero-order chi connectivity index (χ0) is 15.4. The Morgan fingerprint density at radius 1 is 1.43 bits per heavy atom. The number of rotatable bonds is 3. The van der Waals surface area contributed by atoms with Gasteiger partial charge in [-0.25, -0.2) is 0 Å². The zero-order valence-corrected chi connectivity index (χ0v) is 14.4. The molecule has 1 aromatic carbocycles. The Bertz CT molecular complexity index is 531. The number of amides is 1. The molecule has 1 aliphatic rings. The van der Waals surface area contributed by atoms with E-state index < -0.39 is 0 Å². The molecule has 0 fully saturated rings. The lowest BCUT2D eigenvalue weighted by atomic mass is 9.88. The molecule has 0 spiro atoms. The molecule has 0 aliphatic heterocycles. The number of carbonyl (C=O) groups is 1. The highest BCUT2D eigenvalue weighted by Crippen LogP contribution is 2.29. The van der Waals surface area contributed by atoms with Gasteiger partial charge in [0.05, 0.1) is 11.3 Å². The minimum absolute atomic E-state index is 0.0610. The molecule has 2 unspecified atom stereocenters. The normalized spacial score (nSPS) is 18.5. The fourth-order valence-electron chi connectivity index (χ4n) is 2.50. The summed E-state index contributed by atoms with van der Waals surface area (Å²) < 4.78 is 0.738. The van der Waals surface area contributed by atoms with Crippen LogP contribution in [0, 0.1) is 0 Å². The molecule has 2 atom stereocenters. The molecule has 114 valence electrons. The Morgan fingerprint density at radius 2 is 2.14 bits per heavy atom. The molecule has 2 rings (SSSR count). The molecule has 21 heavy (non-hydrogen) atoms. The Balaban J connectivity index is 1.99. The van der Waals surface area contributed by atoms with Crippen LogP contribution in [0.1, 0.15) is 36.9 Å². The standard InChI is InChI=1S/C16H22N2OS2/c1-11(21-16(20)18(2)3)15(19)17-14-10-6-8-12-7-4-5-9-13(12)14/h4-5,7,9,11,14H,6,8,10H2,1-3H3,(H,17,19). The summed E-state index contributed by atoms with van der Waals surface area (Å²) in [4.78, 5) is 14.2. The maximum absolute atomic E-state index is 12.4. The zero-order valence-electron chi connectivity index (χ0n) is 12.8. The maximum atomic E-state index is 12.4. The van der Waals surface area contributed by atoms with Gasteiger partial charge in [-0.2, -0.15) is 0 Å². The molecule has 5 heteroatoms. The predicted molar refractivity (Wildman–Crippen MR) is 93.6 cm³/mol. The van der Waals surface area contributed by atoms with Crippen LogP contribution >= 0.6 is 24.0 Å². The van der Waals surface area contributed by atoms with Crippen LogP contribution in [-0.2, 0) is 11.2 Å². The average Bonchev–Trinajstić information content (AvgIpc) is 2.47. The van der Waals surface area contributed by atoms with Crippen LogP contribution in [0.5, 0.6) is 0 Å². The van der Waals surface area contributed by atoms with Crippen molar-refractivity contribution in [1.82, 2.24) is 10.2 Å². The number of thioether (sulfide) groups is 1. The summed E-state index contributed by atoms with van der Waals surface area (Å²) in [7, 11) is 3.80. The second-order valence-electron chi connectivity index (χ2n) is 5.57. The average molecular weight is 322 g/mol. The molecule has 0 aromatic heterocycles. The van der Waals surface area contributed by atoms with Crippen molar-refractivity contribution in [2.45, 2.75) is 37.5 Å². The lowest BCUT2D eigenvalue weighted by Crippen LogP contribution is -2.37. The van der Waals surface area contributed by atoms with Crippen molar-refractivity contribution in [3.05, 3.63) is 35.4 Å². The summed E-state index contributed by atoms with van der Waals surface area (Å²) in [5.74, 6) is 0.0610. The second kappa shape index (κ2) is 7.27. The van der Waals surface area contributed by atoms with Gasteiger partial charge in [0.2, 0.25) is 5.91 Å². The first-order chi connectivity index (χ1) is 9.99. The topological polar surface area (TPSA) is 32.3 Å². The highest BCUT2D eigenvalue weighted by atomic mass is 32.2. The van der Waals surface area contributed by atoms with Crippen LogP contribution in [0.15, 0.2) is 24.3 Å². The van der Waals surface area contributed by atoms with E-state index in [1.807, 2.05) is 32.0 Å². The van der Waals surface area contributed by atoms with Gasteiger partial charge in [-0.1, -0.05) is 48.2 Å². The minimum atomic E-state index is -0.172. The Labute approximate surface area is 136 Å². The molecular formula is C16H22N2OS2. The molecule has 1 N–H and O–H groups in total. The maximum Gasteiger partial charge on any atom is 0.233 e. The van der Waals surface area contributed by atoms with Crippen LogP contribution in [0.25, 0.3) is 0 Å². The Morgan fingerprint density at radius 3 is 2.86 bits per heavy atom. The van der Waals surface area contributed by atoms with Gasteiger partial charge in [-0.15, -0.1) is 0 Å². The number of fused-ring (bicyclic) bond motifs is 1. The van der Waals surface area contributed by atoms with Gasteiger partial charge in [-0.05, 0) is 37.3 Å². The van der Waals surface area contributed by atoms with E-state index in [4.69, 9.17) is 12.2 Å². The van der Waals surface area contributed by atoms with Gasteiger partial charge in [0.1, 0.15) is 4.32 Å². The molecular weight excluding hydrogens is 300 g/mol. The fraction of sp³-hybridized carbons (Fsp3) is 0.500. The molecule has 0 heterocycles. The SMILES string of the molecule is CC(SC(=S)N(C)C)C(=O)NC1CCCc2ccccc21. The molecule has 0 radical (unpaired) electrons. The van der Waals surface area contributed by atoms with Crippen LogP contribution in [-0.4, -0.2) is 34.5 Å². The predicted octanol–water partition coefficient (Wildman–Crippen LogP) is 3.15. The van der Waals surface area contributed by atoms with E-state index in [9.17, 15) is 4.79 Å². The minimum Gasteiger partial charge on any atom is -0.364 e. The van der Waals surface area contributed by atoms with Crippen molar-refractivity contribution >= 4 is 34.2 Å². The summed E-state index contributed by atoms with van der Waals surface area (Å²) in [5.41, 5.74) is 2.63. The third kappa shape index (κ3) is 4.20. The summed E-state index contributed by atoms with van der Waals surface area (Å²) in [5, 5.41) is 3.01. The van der Waals surface area contributed by atoms with Gasteiger partial charge >= 0.3 is 0 Å². The lowest BCUT2D eigenvalue weighted by molar-refractivity contribution is -0.121. The third-order valence-corrected chi connectivity index (χ3v) is 5.49. The molecule has 0 bridgehead atoms. The summed E-state index contributed by atoms with van der Waals surface area (Å²) in [6, 6.07) is 8.53. The number of thiocarbonyl (C=S) groups is 1. The van der Waals surface area contributed by atoms with Crippen molar-refractivity contribution in [2.75, 3.05) is 14.1 Å². The van der Waals surface area contributed by atoms with Crippen molar-refractivity contribution in [2.24, 2.45) is 0 Å². The van der Waals surface area contributed by atoms with E-state index in [-0.39, 0.29) is 17.2 Å². The number of hydrogen-bond acceptors (Lipinski definition) is 3. The molecule has 0 saturated heterocycles. The van der Waals surface area contributed by atoms with E-state index >= 15 is 0 Å². The number of hydrogen-bond donors (Lipinski definition) is 1. The summed E-state index contributed by atoms with van der Waals surface area (Å²) >= 11 is 6.68. The van der Waals surface area contributed by atoms with Crippen molar-refractivity contribution < 1.29 is 4.79 Å². The summed E-state index contributed by atoms with van der Waals surface area (Å²) in [6.45, 7) is 1.91. The largest absolute Gasteiger partial charge is 0.364 e. The van der Waals surface area contributed by atoms with E-state index in [1.165, 1.54) is 22.9 Å². The Hall–Kier alpha value is -1.07. The van der Waals surface area contributed by atoms with E-state index in [0.29, 0.717) is 0 Å². The second-order valence-corrected chi connectivity index (χ2v) is 7.55. The van der Waals surface area contributed by atoms with Crippen molar-refractivity contribution in [3.8, 4) is 0 Å². The molecule has 0 saturated carbocycles. The van der Waals surface area contributed by atoms with E-state index in [2.05, 4.69) is 23.5 Å². The van der Waals surface area contributed by atoms with Gasteiger partial charge in [0.15, 0.2) is 0 Å². The number of nitrogens with one attached hydrogen (secondary N) is 1. The van der Waals surface area contributed by atoms with E-state index in [0.717, 1.165) is 23.6 Å². The first-order valence-electron chi connectivity index (χ1n) is 7.25. The molecule has 3 nitrogen and oxygen atoms in total. The quantitative estimate of drug-likeness (QED) is 0.867. The summed E-state index contributed by atoms with van der Waals surface area (Å²) in [6.07, 6.45) is 3.25. The fourth-order valence-corrected chi connectivity index (χ4v) is 3.62. The monoisotopic (exact) mass is 322 g/mol. The number of nitrogens with zero attached hydrogens (tertiary/aromatic N) is 1. The van der Waals surface area contributed by atoms with Gasteiger partial charge in [0.25, 0.3) is 0 Å². The molecule has 1 aromatic rings. The van der Waals surface area contributed by atoms with Crippen LogP contribution in [0.2, 0.25) is 0 Å². The first kappa shape index (κ1) is 16.3. The van der Waals surface area contributed by atoms with Crippen molar-refractivity contribution in [3.63, 3.8) is 0 Å². The van der Waals surface area contributed by atoms with Crippen LogP contribution in [0.4, 0.5) is 0 Å². The number of carbonyl (C=O) groups excluding carboxylic acids is 1. The number of aryl methyl sites for hydroxylation is 1. The lowest BCUT2D eigenvalue weighted by Gasteiger charge is -2.27. The Kier molecular flexibility index (Phi) is 5.65. The van der Waals surface area contributed by atoms with Crippen molar-refractivity contribution in [1.29, 1.82) is 0 Å². The smallest absolute Gasteiger partial charge is 0.233 e.